The van der Waals surface area contributed by atoms with Gasteiger partial charge in [0, 0.05) is 13.2 Å². The minimum Gasteiger partial charge on any atom is -0.484 e. The summed E-state index contributed by atoms with van der Waals surface area (Å²) >= 11 is 0. The smallest absolute Gasteiger partial charge is 0.257 e. The summed E-state index contributed by atoms with van der Waals surface area (Å²) in [5.41, 5.74) is 1.26. The van der Waals surface area contributed by atoms with Crippen LogP contribution in [0.3, 0.4) is 0 Å². The second kappa shape index (κ2) is 10.2. The van der Waals surface area contributed by atoms with Crippen LogP contribution in [0.4, 0.5) is 0 Å². The molecule has 0 saturated heterocycles. The van der Waals surface area contributed by atoms with E-state index in [2.05, 4.69) is 19.2 Å². The molecule has 0 aromatic heterocycles. The molecular formula is C17H27NO3. The highest BCUT2D eigenvalue weighted by Crippen LogP contribution is 2.18. The van der Waals surface area contributed by atoms with Gasteiger partial charge in [0.25, 0.3) is 5.91 Å². The Hall–Kier alpha value is -1.55. The van der Waals surface area contributed by atoms with E-state index in [1.807, 2.05) is 24.3 Å². The molecule has 0 spiro atoms. The molecule has 0 fully saturated rings. The van der Waals surface area contributed by atoms with Gasteiger partial charge >= 0.3 is 0 Å². The fourth-order valence-corrected chi connectivity index (χ4v) is 1.97. The minimum absolute atomic E-state index is 0.0532. The number of ether oxygens (including phenoxy) is 1. The number of carbonyl (C=O) groups is 1. The quantitative estimate of drug-likeness (QED) is 0.652. The average Bonchev–Trinajstić information content (AvgIpc) is 2.49. The molecule has 118 valence electrons. The number of unbranched alkanes of at least 4 members (excludes halogenated alkanes) is 3. The van der Waals surface area contributed by atoms with E-state index >= 15 is 0 Å². The molecule has 21 heavy (non-hydrogen) atoms. The Labute approximate surface area is 127 Å². The number of aliphatic hydroxyl groups is 1. The molecule has 4 nitrogen and oxygen atoms in total. The molecule has 1 aromatic rings. The van der Waals surface area contributed by atoms with E-state index in [9.17, 15) is 4.79 Å². The van der Waals surface area contributed by atoms with Gasteiger partial charge in [0.2, 0.25) is 0 Å². The van der Waals surface area contributed by atoms with Crippen LogP contribution in [0.25, 0.3) is 0 Å². The van der Waals surface area contributed by atoms with Crippen LogP contribution < -0.4 is 10.1 Å². The largest absolute Gasteiger partial charge is 0.484 e. The summed E-state index contributed by atoms with van der Waals surface area (Å²) < 4.78 is 5.45. The number of aliphatic hydroxyl groups excluding tert-OH is 1. The molecule has 0 saturated carbocycles. The number of carbonyl (C=O) groups excluding carboxylic acids is 1. The van der Waals surface area contributed by atoms with Gasteiger partial charge in [-0.3, -0.25) is 4.79 Å². The molecule has 4 heteroatoms. The Bertz CT molecular complexity index is 401. The maximum atomic E-state index is 11.6. The number of amides is 1. The Morgan fingerprint density at radius 2 is 1.81 bits per heavy atom. The van der Waals surface area contributed by atoms with Gasteiger partial charge in [-0.05, 0) is 36.5 Å². The van der Waals surface area contributed by atoms with Crippen molar-refractivity contribution in [2.75, 3.05) is 19.8 Å². The van der Waals surface area contributed by atoms with Crippen LogP contribution in [0.5, 0.6) is 5.75 Å². The lowest BCUT2D eigenvalue weighted by molar-refractivity contribution is -0.123. The first-order chi connectivity index (χ1) is 10.1. The third-order valence-corrected chi connectivity index (χ3v) is 3.32. The monoisotopic (exact) mass is 293 g/mol. The van der Waals surface area contributed by atoms with Crippen molar-refractivity contribution in [2.24, 2.45) is 0 Å². The van der Waals surface area contributed by atoms with Crippen LogP contribution >= 0.6 is 0 Å². The Balaban J connectivity index is 2.15. The normalized spacial score (nSPS) is 10.7. The van der Waals surface area contributed by atoms with E-state index in [0.717, 1.165) is 31.4 Å². The lowest BCUT2D eigenvalue weighted by Crippen LogP contribution is -2.29. The molecule has 2 N–H and O–H groups in total. The molecule has 0 radical (unpaired) electrons. The van der Waals surface area contributed by atoms with Gasteiger partial charge in [-0.1, -0.05) is 38.8 Å². The predicted octanol–water partition coefficient (Wildman–Crippen LogP) is 2.86. The molecule has 0 aliphatic carbocycles. The standard InChI is InChI=1S/C17H27NO3/c1-14(2)15-7-9-16(10-8-15)21-13-17(20)18-11-5-3-4-6-12-19/h7-10,14,19H,3-6,11-13H2,1-2H3,(H,18,20). The lowest BCUT2D eigenvalue weighted by Gasteiger charge is -2.09. The van der Waals surface area contributed by atoms with E-state index in [-0.39, 0.29) is 19.1 Å². The lowest BCUT2D eigenvalue weighted by atomic mass is 10.0. The molecule has 0 heterocycles. The topological polar surface area (TPSA) is 58.6 Å². The van der Waals surface area contributed by atoms with Gasteiger partial charge < -0.3 is 15.2 Å². The summed E-state index contributed by atoms with van der Waals surface area (Å²) in [6.07, 6.45) is 3.81. The van der Waals surface area contributed by atoms with Crippen molar-refractivity contribution in [2.45, 2.75) is 45.4 Å². The summed E-state index contributed by atoms with van der Waals surface area (Å²) in [4.78, 5) is 11.6. The Morgan fingerprint density at radius 1 is 1.14 bits per heavy atom. The highest BCUT2D eigenvalue weighted by atomic mass is 16.5. The molecule has 0 atom stereocenters. The molecule has 0 bridgehead atoms. The van der Waals surface area contributed by atoms with Crippen molar-refractivity contribution in [3.63, 3.8) is 0 Å². The van der Waals surface area contributed by atoms with Crippen LogP contribution in [0.1, 0.15) is 51.0 Å². The second-order valence-electron chi connectivity index (χ2n) is 5.50. The van der Waals surface area contributed by atoms with E-state index in [4.69, 9.17) is 9.84 Å². The fourth-order valence-electron chi connectivity index (χ4n) is 1.97. The number of rotatable bonds is 10. The van der Waals surface area contributed by atoms with E-state index in [1.54, 1.807) is 0 Å². The zero-order valence-electron chi connectivity index (χ0n) is 13.1. The molecule has 1 amide bonds. The third kappa shape index (κ3) is 7.71. The number of benzene rings is 1. The zero-order chi connectivity index (χ0) is 15.5. The average molecular weight is 293 g/mol. The Kier molecular flexibility index (Phi) is 8.51. The van der Waals surface area contributed by atoms with Crippen LogP contribution in [0.15, 0.2) is 24.3 Å². The van der Waals surface area contributed by atoms with E-state index < -0.39 is 0 Å². The SMILES string of the molecule is CC(C)c1ccc(OCC(=O)NCCCCCCO)cc1. The molecule has 0 unspecified atom stereocenters. The summed E-state index contributed by atoms with van der Waals surface area (Å²) in [7, 11) is 0. The molecule has 1 aromatic carbocycles. The number of hydrogen-bond donors (Lipinski definition) is 2. The van der Waals surface area contributed by atoms with Gasteiger partial charge in [0.15, 0.2) is 6.61 Å². The minimum atomic E-state index is -0.0925. The first-order valence-corrected chi connectivity index (χ1v) is 7.74. The number of hydrogen-bond acceptors (Lipinski definition) is 3. The predicted molar refractivity (Wildman–Crippen MR) is 84.6 cm³/mol. The van der Waals surface area contributed by atoms with Crippen molar-refractivity contribution in [1.29, 1.82) is 0 Å². The summed E-state index contributed by atoms with van der Waals surface area (Å²) in [5, 5.41) is 11.5. The van der Waals surface area contributed by atoms with Crippen LogP contribution in [0, 0.1) is 0 Å². The number of nitrogens with one attached hydrogen (secondary N) is 1. The van der Waals surface area contributed by atoms with Crippen LogP contribution in [-0.2, 0) is 4.79 Å². The van der Waals surface area contributed by atoms with Crippen molar-refractivity contribution in [1.82, 2.24) is 5.32 Å². The van der Waals surface area contributed by atoms with Crippen LogP contribution in [0.2, 0.25) is 0 Å². The maximum absolute atomic E-state index is 11.6. The Morgan fingerprint density at radius 3 is 2.43 bits per heavy atom. The van der Waals surface area contributed by atoms with Gasteiger partial charge in [-0.2, -0.15) is 0 Å². The maximum Gasteiger partial charge on any atom is 0.257 e. The zero-order valence-corrected chi connectivity index (χ0v) is 13.1. The second-order valence-corrected chi connectivity index (χ2v) is 5.50. The van der Waals surface area contributed by atoms with Gasteiger partial charge in [-0.25, -0.2) is 0 Å². The van der Waals surface area contributed by atoms with Crippen molar-refractivity contribution < 1.29 is 14.6 Å². The summed E-state index contributed by atoms with van der Waals surface area (Å²) in [5.74, 6) is 1.12. The molecule has 0 aliphatic heterocycles. The fraction of sp³-hybridized carbons (Fsp3) is 0.588. The highest BCUT2D eigenvalue weighted by Gasteiger charge is 2.03. The van der Waals surface area contributed by atoms with E-state index in [1.165, 1.54) is 5.56 Å². The summed E-state index contributed by atoms with van der Waals surface area (Å²) in [6.45, 7) is 5.25. The third-order valence-electron chi connectivity index (χ3n) is 3.32. The molecule has 0 aliphatic rings. The van der Waals surface area contributed by atoms with Crippen molar-refractivity contribution in [3.8, 4) is 5.75 Å². The first-order valence-electron chi connectivity index (χ1n) is 7.74. The first kappa shape index (κ1) is 17.5. The van der Waals surface area contributed by atoms with Crippen molar-refractivity contribution in [3.05, 3.63) is 29.8 Å². The molecular weight excluding hydrogens is 266 g/mol. The summed E-state index contributed by atoms with van der Waals surface area (Å²) in [6, 6.07) is 7.85. The van der Waals surface area contributed by atoms with Gasteiger partial charge in [0.05, 0.1) is 0 Å². The van der Waals surface area contributed by atoms with Crippen LogP contribution in [-0.4, -0.2) is 30.8 Å². The van der Waals surface area contributed by atoms with Crippen molar-refractivity contribution >= 4 is 5.91 Å². The molecule has 1 rings (SSSR count). The highest BCUT2D eigenvalue weighted by molar-refractivity contribution is 5.77. The van der Waals surface area contributed by atoms with E-state index in [0.29, 0.717) is 12.5 Å². The van der Waals surface area contributed by atoms with Gasteiger partial charge in [-0.15, -0.1) is 0 Å². The van der Waals surface area contributed by atoms with Gasteiger partial charge in [0.1, 0.15) is 5.75 Å².